The normalized spacial score (nSPS) is 12.1. The predicted molar refractivity (Wildman–Crippen MR) is 94.9 cm³/mol. The second kappa shape index (κ2) is 6.10. The van der Waals surface area contributed by atoms with E-state index in [4.69, 9.17) is 4.42 Å². The first-order valence-electron chi connectivity index (χ1n) is 7.64. The molecule has 7 heteroatoms. The fourth-order valence-electron chi connectivity index (χ4n) is 2.45. The first kappa shape index (κ1) is 15.5. The van der Waals surface area contributed by atoms with Gasteiger partial charge in [0.2, 0.25) is 4.96 Å². The van der Waals surface area contributed by atoms with Crippen LogP contribution in [0.25, 0.3) is 11.0 Å². The summed E-state index contributed by atoms with van der Waals surface area (Å²) in [4.78, 5) is 29.0. The van der Waals surface area contributed by atoms with Gasteiger partial charge in [-0.1, -0.05) is 41.2 Å². The lowest BCUT2D eigenvalue weighted by Gasteiger charge is -2.01. The lowest BCUT2D eigenvalue weighted by molar-refractivity contribution is 0.556. The molecule has 0 saturated carbocycles. The predicted octanol–water partition coefficient (Wildman–Crippen LogP) is 1.55. The first-order chi connectivity index (χ1) is 12.1. The Morgan fingerprint density at radius 2 is 2.00 bits per heavy atom. The van der Waals surface area contributed by atoms with Crippen LogP contribution >= 0.6 is 11.3 Å². The molecule has 3 heterocycles. The van der Waals surface area contributed by atoms with E-state index in [0.29, 0.717) is 16.7 Å². The topological polar surface area (TPSA) is 77.5 Å². The third-order valence-corrected chi connectivity index (χ3v) is 4.72. The minimum Gasteiger partial charge on any atom is -0.465 e. The number of hydrogen-bond donors (Lipinski definition) is 0. The zero-order valence-corrected chi connectivity index (χ0v) is 14.1. The summed E-state index contributed by atoms with van der Waals surface area (Å²) in [5.74, 6) is 0.562. The maximum absolute atomic E-state index is 12.5. The van der Waals surface area contributed by atoms with Gasteiger partial charge in [-0.3, -0.25) is 9.59 Å². The average molecular weight is 351 g/mol. The summed E-state index contributed by atoms with van der Waals surface area (Å²) >= 11 is 1.11. The molecule has 0 spiro atoms. The molecule has 0 fully saturated rings. The summed E-state index contributed by atoms with van der Waals surface area (Å²) in [5, 5.41) is 4.23. The smallest absolute Gasteiger partial charge is 0.296 e. The lowest BCUT2D eigenvalue weighted by Crippen LogP contribution is -2.28. The standard InChI is InChI=1S/C18H13N3O3S/c1-11-4-6-12(7-5-11)9-14-16(22)19-18-21(20-14)17(23)15(25-18)10-13-3-2-8-24-13/h2-8,10H,9H2,1H3/b15-10-. The van der Waals surface area contributed by atoms with Crippen molar-refractivity contribution in [3.63, 3.8) is 0 Å². The number of benzene rings is 1. The molecule has 0 aliphatic carbocycles. The summed E-state index contributed by atoms with van der Waals surface area (Å²) < 4.78 is 6.83. The van der Waals surface area contributed by atoms with Gasteiger partial charge in [-0.25, -0.2) is 0 Å². The van der Waals surface area contributed by atoms with E-state index in [1.807, 2.05) is 31.2 Å². The third kappa shape index (κ3) is 3.01. The molecule has 1 aromatic carbocycles. The Balaban J connectivity index is 1.81. The molecule has 0 N–H and O–H groups in total. The van der Waals surface area contributed by atoms with Gasteiger partial charge in [-0.2, -0.15) is 14.6 Å². The van der Waals surface area contributed by atoms with Gasteiger partial charge in [-0.05, 0) is 24.6 Å². The van der Waals surface area contributed by atoms with Crippen LogP contribution in [0.5, 0.6) is 0 Å². The van der Waals surface area contributed by atoms with Crippen molar-refractivity contribution >= 4 is 22.4 Å². The Hall–Kier alpha value is -3.06. The maximum atomic E-state index is 12.5. The number of fused-ring (bicyclic) bond motifs is 1. The molecule has 0 radical (unpaired) electrons. The van der Waals surface area contributed by atoms with E-state index in [-0.39, 0.29) is 16.2 Å². The second-order valence-corrected chi connectivity index (χ2v) is 6.66. The third-order valence-electron chi connectivity index (χ3n) is 3.76. The molecule has 0 aliphatic heterocycles. The minimum atomic E-state index is -0.411. The van der Waals surface area contributed by atoms with Gasteiger partial charge in [0.25, 0.3) is 11.1 Å². The molecular formula is C18H13N3O3S. The number of thiazole rings is 1. The zero-order valence-electron chi connectivity index (χ0n) is 13.3. The molecule has 6 nitrogen and oxygen atoms in total. The van der Waals surface area contributed by atoms with Crippen molar-refractivity contribution in [2.45, 2.75) is 13.3 Å². The van der Waals surface area contributed by atoms with Crippen LogP contribution in [-0.2, 0) is 6.42 Å². The van der Waals surface area contributed by atoms with E-state index in [0.717, 1.165) is 22.5 Å². The number of furan rings is 1. The van der Waals surface area contributed by atoms with Gasteiger partial charge < -0.3 is 4.42 Å². The lowest BCUT2D eigenvalue weighted by atomic mass is 10.1. The van der Waals surface area contributed by atoms with Gasteiger partial charge in [-0.15, -0.1) is 0 Å². The molecule has 0 atom stereocenters. The van der Waals surface area contributed by atoms with Crippen molar-refractivity contribution in [1.82, 2.24) is 14.6 Å². The van der Waals surface area contributed by atoms with Gasteiger partial charge in [0.15, 0.2) is 0 Å². The fraction of sp³-hybridized carbons (Fsp3) is 0.111. The quantitative estimate of drug-likeness (QED) is 0.560. The van der Waals surface area contributed by atoms with Crippen molar-refractivity contribution in [1.29, 1.82) is 0 Å². The van der Waals surface area contributed by atoms with E-state index in [1.165, 1.54) is 10.8 Å². The number of hydrogen-bond acceptors (Lipinski definition) is 6. The van der Waals surface area contributed by atoms with E-state index < -0.39 is 5.56 Å². The van der Waals surface area contributed by atoms with Crippen LogP contribution in [0.1, 0.15) is 22.6 Å². The van der Waals surface area contributed by atoms with Crippen LogP contribution in [0.4, 0.5) is 0 Å². The first-order valence-corrected chi connectivity index (χ1v) is 8.45. The summed E-state index contributed by atoms with van der Waals surface area (Å²) in [6.07, 6.45) is 3.48. The van der Waals surface area contributed by atoms with Crippen molar-refractivity contribution in [3.05, 3.63) is 90.5 Å². The van der Waals surface area contributed by atoms with Crippen LogP contribution < -0.4 is 15.7 Å². The van der Waals surface area contributed by atoms with Crippen LogP contribution in [0.3, 0.4) is 0 Å². The van der Waals surface area contributed by atoms with Crippen molar-refractivity contribution in [2.24, 2.45) is 0 Å². The van der Waals surface area contributed by atoms with Crippen LogP contribution in [0.2, 0.25) is 0 Å². The summed E-state index contributed by atoms with van der Waals surface area (Å²) in [6, 6.07) is 11.3. The largest absolute Gasteiger partial charge is 0.465 e. The van der Waals surface area contributed by atoms with E-state index in [2.05, 4.69) is 10.1 Å². The number of aromatic nitrogens is 3. The SMILES string of the molecule is Cc1ccc(Cc2nn3c(=O)/c(=C/c4ccco4)sc3nc2=O)cc1. The minimum absolute atomic E-state index is 0.251. The number of aryl methyl sites for hydroxylation is 1. The molecule has 4 aromatic rings. The molecule has 4 rings (SSSR count). The highest BCUT2D eigenvalue weighted by molar-refractivity contribution is 7.15. The van der Waals surface area contributed by atoms with Gasteiger partial charge in [0, 0.05) is 12.5 Å². The Morgan fingerprint density at radius 3 is 2.72 bits per heavy atom. The highest BCUT2D eigenvalue weighted by Crippen LogP contribution is 2.07. The van der Waals surface area contributed by atoms with Crippen LogP contribution in [-0.4, -0.2) is 14.6 Å². The highest BCUT2D eigenvalue weighted by atomic mass is 32.1. The molecule has 0 aliphatic rings. The fourth-order valence-corrected chi connectivity index (χ4v) is 3.34. The van der Waals surface area contributed by atoms with Crippen LogP contribution in [0, 0.1) is 6.92 Å². The van der Waals surface area contributed by atoms with Gasteiger partial charge >= 0.3 is 0 Å². The Kier molecular flexibility index (Phi) is 3.77. The number of nitrogens with zero attached hydrogens (tertiary/aromatic N) is 3. The van der Waals surface area contributed by atoms with Crippen molar-refractivity contribution < 1.29 is 4.42 Å². The molecule has 25 heavy (non-hydrogen) atoms. The van der Waals surface area contributed by atoms with Crippen molar-refractivity contribution in [3.8, 4) is 0 Å². The summed E-state index contributed by atoms with van der Waals surface area (Å²) in [6.45, 7) is 2.00. The van der Waals surface area contributed by atoms with E-state index in [9.17, 15) is 9.59 Å². The van der Waals surface area contributed by atoms with Crippen LogP contribution in [0.15, 0.2) is 56.7 Å². The zero-order chi connectivity index (χ0) is 17.4. The monoisotopic (exact) mass is 351 g/mol. The highest BCUT2D eigenvalue weighted by Gasteiger charge is 2.12. The maximum Gasteiger partial charge on any atom is 0.296 e. The molecule has 0 unspecified atom stereocenters. The van der Waals surface area contributed by atoms with Crippen molar-refractivity contribution in [2.75, 3.05) is 0 Å². The van der Waals surface area contributed by atoms with E-state index in [1.54, 1.807) is 18.2 Å². The van der Waals surface area contributed by atoms with E-state index >= 15 is 0 Å². The second-order valence-electron chi connectivity index (χ2n) is 5.65. The molecular weight excluding hydrogens is 338 g/mol. The van der Waals surface area contributed by atoms with Gasteiger partial charge in [0.05, 0.1) is 6.26 Å². The Morgan fingerprint density at radius 1 is 1.20 bits per heavy atom. The Labute approximate surface area is 145 Å². The molecule has 0 saturated heterocycles. The summed E-state index contributed by atoms with van der Waals surface area (Å²) in [7, 11) is 0. The number of rotatable bonds is 3. The Bertz CT molecular complexity index is 1210. The van der Waals surface area contributed by atoms with Gasteiger partial charge in [0.1, 0.15) is 16.0 Å². The molecule has 124 valence electrons. The summed E-state index contributed by atoms with van der Waals surface area (Å²) in [5.41, 5.74) is 1.61. The molecule has 3 aromatic heterocycles. The average Bonchev–Trinajstić information content (AvgIpc) is 3.20. The molecule has 0 amide bonds. The molecule has 0 bridgehead atoms.